The first kappa shape index (κ1) is 12.4. The van der Waals surface area contributed by atoms with Crippen LogP contribution in [0, 0.1) is 12.7 Å². The lowest BCUT2D eigenvalue weighted by atomic mass is 10.2. The summed E-state index contributed by atoms with van der Waals surface area (Å²) in [6.07, 6.45) is 2.24. The van der Waals surface area contributed by atoms with Crippen LogP contribution < -0.4 is 5.32 Å². The number of anilines is 2. The summed E-state index contributed by atoms with van der Waals surface area (Å²) in [4.78, 5) is 8.68. The third-order valence-electron chi connectivity index (χ3n) is 3.11. The molecule has 3 nitrogen and oxygen atoms in total. The summed E-state index contributed by atoms with van der Waals surface area (Å²) in [7, 11) is 0. The fraction of sp³-hybridized carbons (Fsp3) is 0.286. The number of nitrogens with one attached hydrogen (secondary N) is 1. The van der Waals surface area contributed by atoms with Gasteiger partial charge < -0.3 is 5.32 Å². The Kier molecular flexibility index (Phi) is 3.11. The molecule has 0 spiro atoms. The molecule has 0 atom stereocenters. The van der Waals surface area contributed by atoms with Crippen LogP contribution in [0.3, 0.4) is 0 Å². The summed E-state index contributed by atoms with van der Waals surface area (Å²) in [6.45, 7) is 1.84. The number of hydrogen-bond acceptors (Lipinski definition) is 3. The number of benzene rings is 1. The van der Waals surface area contributed by atoms with Crippen LogP contribution in [0.15, 0.2) is 24.3 Å². The van der Waals surface area contributed by atoms with Crippen molar-refractivity contribution in [3.8, 4) is 0 Å². The van der Waals surface area contributed by atoms with Crippen LogP contribution in [0.25, 0.3) is 0 Å². The van der Waals surface area contributed by atoms with Crippen LogP contribution in [-0.4, -0.2) is 9.97 Å². The molecule has 3 rings (SSSR count). The van der Waals surface area contributed by atoms with Gasteiger partial charge in [0, 0.05) is 17.7 Å². The summed E-state index contributed by atoms with van der Waals surface area (Å²) >= 11 is 6.00. The Labute approximate surface area is 115 Å². The molecule has 1 fully saturated rings. The summed E-state index contributed by atoms with van der Waals surface area (Å²) in [5.41, 5.74) is 1.64. The highest BCUT2D eigenvalue weighted by Gasteiger charge is 2.27. The fourth-order valence-corrected chi connectivity index (χ4v) is 2.12. The second-order valence-corrected chi connectivity index (χ2v) is 5.18. The molecule has 1 aliphatic rings. The molecule has 1 aliphatic carbocycles. The van der Waals surface area contributed by atoms with Gasteiger partial charge in [0.15, 0.2) is 0 Å². The molecule has 0 unspecified atom stereocenters. The van der Waals surface area contributed by atoms with E-state index in [1.54, 1.807) is 12.1 Å². The van der Waals surface area contributed by atoms with Crippen LogP contribution in [0.4, 0.5) is 15.9 Å². The van der Waals surface area contributed by atoms with Crippen LogP contribution in [0.5, 0.6) is 0 Å². The molecule has 1 aromatic carbocycles. The first-order chi connectivity index (χ1) is 9.11. The van der Waals surface area contributed by atoms with Gasteiger partial charge in [0.05, 0.1) is 0 Å². The first-order valence-corrected chi connectivity index (χ1v) is 6.57. The van der Waals surface area contributed by atoms with E-state index in [2.05, 4.69) is 15.3 Å². The molecular formula is C14H13ClFN3. The van der Waals surface area contributed by atoms with Gasteiger partial charge in [-0.05, 0) is 43.5 Å². The second kappa shape index (κ2) is 4.78. The molecule has 0 bridgehead atoms. The lowest BCUT2D eigenvalue weighted by Crippen LogP contribution is -2.00. The molecule has 0 radical (unpaired) electrons. The average molecular weight is 278 g/mol. The number of hydrogen-bond donors (Lipinski definition) is 1. The highest BCUT2D eigenvalue weighted by Crippen LogP contribution is 2.39. The van der Waals surface area contributed by atoms with Crippen molar-refractivity contribution in [1.29, 1.82) is 0 Å². The van der Waals surface area contributed by atoms with Crippen LogP contribution in [-0.2, 0) is 0 Å². The SMILES string of the molecule is Cc1cc(F)ccc1Nc1cc(Cl)nc(C2CC2)n1. The number of aromatic nitrogens is 2. The van der Waals surface area contributed by atoms with Gasteiger partial charge in [-0.15, -0.1) is 0 Å². The van der Waals surface area contributed by atoms with Crippen molar-refractivity contribution in [2.24, 2.45) is 0 Å². The number of nitrogens with zero attached hydrogens (tertiary/aromatic N) is 2. The van der Waals surface area contributed by atoms with Crippen LogP contribution >= 0.6 is 11.6 Å². The molecule has 5 heteroatoms. The van der Waals surface area contributed by atoms with E-state index in [4.69, 9.17) is 11.6 Å². The Hall–Kier alpha value is -1.68. The minimum atomic E-state index is -0.248. The number of aryl methyl sites for hydroxylation is 1. The van der Waals surface area contributed by atoms with Crippen molar-refractivity contribution < 1.29 is 4.39 Å². The van der Waals surface area contributed by atoms with Gasteiger partial charge in [0.1, 0.15) is 22.6 Å². The molecule has 1 aromatic heterocycles. The number of halogens is 2. The topological polar surface area (TPSA) is 37.8 Å². The van der Waals surface area contributed by atoms with Crippen molar-refractivity contribution in [1.82, 2.24) is 9.97 Å². The lowest BCUT2D eigenvalue weighted by Gasteiger charge is -2.10. The van der Waals surface area contributed by atoms with Crippen LogP contribution in [0.1, 0.15) is 30.1 Å². The Morgan fingerprint density at radius 2 is 2.05 bits per heavy atom. The summed E-state index contributed by atoms with van der Waals surface area (Å²) in [6, 6.07) is 6.26. The molecule has 1 N–H and O–H groups in total. The zero-order chi connectivity index (χ0) is 13.4. The maximum Gasteiger partial charge on any atom is 0.135 e. The summed E-state index contributed by atoms with van der Waals surface area (Å²) < 4.78 is 13.1. The molecule has 98 valence electrons. The third kappa shape index (κ3) is 2.84. The Balaban J connectivity index is 1.89. The van der Waals surface area contributed by atoms with Gasteiger partial charge in [-0.3, -0.25) is 0 Å². The Morgan fingerprint density at radius 3 is 2.74 bits per heavy atom. The lowest BCUT2D eigenvalue weighted by molar-refractivity contribution is 0.627. The predicted octanol–water partition coefficient (Wildman–Crippen LogP) is 4.20. The van der Waals surface area contributed by atoms with Crippen LogP contribution in [0.2, 0.25) is 5.15 Å². The predicted molar refractivity (Wildman–Crippen MR) is 73.4 cm³/mol. The molecule has 0 amide bonds. The largest absolute Gasteiger partial charge is 0.340 e. The van der Waals surface area contributed by atoms with E-state index in [0.717, 1.165) is 29.9 Å². The van der Waals surface area contributed by atoms with E-state index >= 15 is 0 Å². The number of rotatable bonds is 3. The molecule has 19 heavy (non-hydrogen) atoms. The van der Waals surface area contributed by atoms with E-state index in [-0.39, 0.29) is 5.82 Å². The van der Waals surface area contributed by atoms with Gasteiger partial charge >= 0.3 is 0 Å². The Bertz CT molecular complexity index is 626. The van der Waals surface area contributed by atoms with Gasteiger partial charge in [0.2, 0.25) is 0 Å². The van der Waals surface area contributed by atoms with E-state index in [1.807, 2.05) is 6.92 Å². The minimum Gasteiger partial charge on any atom is -0.340 e. The van der Waals surface area contributed by atoms with Gasteiger partial charge in [-0.1, -0.05) is 11.6 Å². The second-order valence-electron chi connectivity index (χ2n) is 4.79. The highest BCUT2D eigenvalue weighted by molar-refractivity contribution is 6.29. The van der Waals surface area contributed by atoms with Crippen molar-refractivity contribution in [2.45, 2.75) is 25.7 Å². The zero-order valence-electron chi connectivity index (χ0n) is 10.5. The van der Waals surface area contributed by atoms with Crippen molar-refractivity contribution >= 4 is 23.1 Å². The van der Waals surface area contributed by atoms with Crippen molar-refractivity contribution in [2.75, 3.05) is 5.32 Å². The summed E-state index contributed by atoms with van der Waals surface area (Å²) in [5.74, 6) is 1.63. The average Bonchev–Trinajstić information content (AvgIpc) is 3.16. The zero-order valence-corrected chi connectivity index (χ0v) is 11.2. The van der Waals surface area contributed by atoms with E-state index in [9.17, 15) is 4.39 Å². The van der Waals surface area contributed by atoms with E-state index in [1.165, 1.54) is 12.1 Å². The van der Waals surface area contributed by atoms with Crippen molar-refractivity contribution in [3.63, 3.8) is 0 Å². The molecule has 1 saturated carbocycles. The molecule has 0 saturated heterocycles. The van der Waals surface area contributed by atoms with Gasteiger partial charge in [-0.25, -0.2) is 14.4 Å². The quantitative estimate of drug-likeness (QED) is 0.855. The smallest absolute Gasteiger partial charge is 0.135 e. The maximum absolute atomic E-state index is 13.1. The standard InChI is InChI=1S/C14H13ClFN3/c1-8-6-10(16)4-5-11(8)17-13-7-12(15)18-14(19-13)9-2-3-9/h4-7,9H,2-3H2,1H3,(H,17,18,19). The molecule has 2 aromatic rings. The van der Waals surface area contributed by atoms with E-state index in [0.29, 0.717) is 16.9 Å². The van der Waals surface area contributed by atoms with Crippen molar-refractivity contribution in [3.05, 3.63) is 46.6 Å². The van der Waals surface area contributed by atoms with Gasteiger partial charge in [0.25, 0.3) is 0 Å². The summed E-state index contributed by atoms with van der Waals surface area (Å²) in [5, 5.41) is 3.59. The first-order valence-electron chi connectivity index (χ1n) is 6.19. The normalized spacial score (nSPS) is 14.5. The van der Waals surface area contributed by atoms with Gasteiger partial charge in [-0.2, -0.15) is 0 Å². The Morgan fingerprint density at radius 1 is 1.26 bits per heavy atom. The monoisotopic (exact) mass is 277 g/mol. The molecule has 0 aliphatic heterocycles. The molecule has 1 heterocycles. The molecular weight excluding hydrogens is 265 g/mol. The maximum atomic E-state index is 13.1. The third-order valence-corrected chi connectivity index (χ3v) is 3.30. The fourth-order valence-electron chi connectivity index (χ4n) is 1.93. The van der Waals surface area contributed by atoms with E-state index < -0.39 is 0 Å². The minimum absolute atomic E-state index is 0.248. The highest BCUT2D eigenvalue weighted by atomic mass is 35.5.